The quantitative estimate of drug-likeness (QED) is 0.610. The van der Waals surface area contributed by atoms with E-state index in [1.807, 2.05) is 0 Å². The second-order valence-corrected chi connectivity index (χ2v) is 5.41. The van der Waals surface area contributed by atoms with E-state index in [-0.39, 0.29) is 6.10 Å². The van der Waals surface area contributed by atoms with Gasteiger partial charge in [0.2, 0.25) is 0 Å². The first-order valence-electron chi connectivity index (χ1n) is 7.20. The van der Waals surface area contributed by atoms with Crippen molar-refractivity contribution in [2.24, 2.45) is 11.8 Å². The van der Waals surface area contributed by atoms with Crippen LogP contribution in [-0.4, -0.2) is 37.5 Å². The number of nitrogens with one attached hydrogen (secondary N) is 1. The first kappa shape index (κ1) is 14.9. The van der Waals surface area contributed by atoms with Crippen LogP contribution in [0.5, 0.6) is 0 Å². The van der Waals surface area contributed by atoms with Crippen LogP contribution in [0.25, 0.3) is 0 Å². The second-order valence-electron chi connectivity index (χ2n) is 5.41. The molecule has 0 radical (unpaired) electrons. The maximum absolute atomic E-state index is 9.70. The van der Waals surface area contributed by atoms with Crippen molar-refractivity contribution in [3.8, 4) is 0 Å². The monoisotopic (exact) mass is 243 g/mol. The standard InChI is InChI=1S/C14H29NO2/c1-3-4-8-17-11-14(16)10-15-9-13-7-5-6-12(13)2/h12-16H,3-11H2,1-2H3. The van der Waals surface area contributed by atoms with Gasteiger partial charge < -0.3 is 15.2 Å². The van der Waals surface area contributed by atoms with Crippen LogP contribution in [0, 0.1) is 11.8 Å². The number of aliphatic hydroxyl groups excluding tert-OH is 1. The number of ether oxygens (including phenoxy) is 1. The van der Waals surface area contributed by atoms with E-state index in [4.69, 9.17) is 4.74 Å². The van der Waals surface area contributed by atoms with Crippen molar-refractivity contribution < 1.29 is 9.84 Å². The molecule has 0 saturated heterocycles. The van der Waals surface area contributed by atoms with E-state index in [0.29, 0.717) is 13.2 Å². The van der Waals surface area contributed by atoms with Crippen LogP contribution in [0.15, 0.2) is 0 Å². The van der Waals surface area contributed by atoms with E-state index in [2.05, 4.69) is 19.2 Å². The number of aliphatic hydroxyl groups is 1. The molecule has 0 heterocycles. The van der Waals surface area contributed by atoms with E-state index in [1.165, 1.54) is 19.3 Å². The van der Waals surface area contributed by atoms with Gasteiger partial charge in [0.25, 0.3) is 0 Å². The summed E-state index contributed by atoms with van der Waals surface area (Å²) in [5.74, 6) is 1.66. The maximum atomic E-state index is 9.70. The molecular formula is C14H29NO2. The summed E-state index contributed by atoms with van der Waals surface area (Å²) in [6, 6.07) is 0. The molecule has 1 aliphatic rings. The smallest absolute Gasteiger partial charge is 0.0897 e. The Balaban J connectivity index is 1.94. The summed E-state index contributed by atoms with van der Waals surface area (Å²) >= 11 is 0. The highest BCUT2D eigenvalue weighted by Crippen LogP contribution is 2.30. The van der Waals surface area contributed by atoms with Crippen LogP contribution >= 0.6 is 0 Å². The Morgan fingerprint density at radius 2 is 2.24 bits per heavy atom. The van der Waals surface area contributed by atoms with E-state index >= 15 is 0 Å². The van der Waals surface area contributed by atoms with Crippen molar-refractivity contribution in [1.82, 2.24) is 5.32 Å². The maximum Gasteiger partial charge on any atom is 0.0897 e. The Kier molecular flexibility index (Phi) is 7.82. The largest absolute Gasteiger partial charge is 0.389 e. The zero-order valence-corrected chi connectivity index (χ0v) is 11.5. The van der Waals surface area contributed by atoms with Crippen molar-refractivity contribution in [3.63, 3.8) is 0 Å². The van der Waals surface area contributed by atoms with Gasteiger partial charge in [-0.3, -0.25) is 0 Å². The summed E-state index contributed by atoms with van der Waals surface area (Å²) in [6.45, 7) is 7.43. The number of hydrogen-bond donors (Lipinski definition) is 2. The summed E-state index contributed by atoms with van der Waals surface area (Å²) < 4.78 is 5.39. The topological polar surface area (TPSA) is 41.5 Å². The van der Waals surface area contributed by atoms with Crippen LogP contribution in [0.1, 0.15) is 46.0 Å². The Morgan fingerprint density at radius 3 is 2.88 bits per heavy atom. The molecule has 0 amide bonds. The van der Waals surface area contributed by atoms with Gasteiger partial charge in [-0.25, -0.2) is 0 Å². The normalized spacial score (nSPS) is 26.3. The first-order valence-corrected chi connectivity index (χ1v) is 7.20. The summed E-state index contributed by atoms with van der Waals surface area (Å²) in [7, 11) is 0. The van der Waals surface area contributed by atoms with Gasteiger partial charge in [-0.1, -0.05) is 33.1 Å². The lowest BCUT2D eigenvalue weighted by Crippen LogP contribution is -2.34. The summed E-state index contributed by atoms with van der Waals surface area (Å²) in [5, 5.41) is 13.1. The third-order valence-corrected chi connectivity index (χ3v) is 3.78. The molecule has 1 aliphatic carbocycles. The van der Waals surface area contributed by atoms with E-state index < -0.39 is 0 Å². The molecule has 3 unspecified atom stereocenters. The van der Waals surface area contributed by atoms with E-state index in [9.17, 15) is 5.11 Å². The molecule has 1 fully saturated rings. The van der Waals surface area contributed by atoms with Crippen LogP contribution in [0.2, 0.25) is 0 Å². The molecular weight excluding hydrogens is 214 g/mol. The second kappa shape index (κ2) is 8.90. The molecule has 3 nitrogen and oxygen atoms in total. The zero-order valence-electron chi connectivity index (χ0n) is 11.5. The van der Waals surface area contributed by atoms with Crippen molar-refractivity contribution in [1.29, 1.82) is 0 Å². The van der Waals surface area contributed by atoms with Gasteiger partial charge in [-0.05, 0) is 31.2 Å². The zero-order chi connectivity index (χ0) is 12.5. The predicted octanol–water partition coefficient (Wildman–Crippen LogP) is 2.19. The van der Waals surface area contributed by atoms with Gasteiger partial charge in [-0.2, -0.15) is 0 Å². The number of hydrogen-bond acceptors (Lipinski definition) is 3. The highest BCUT2D eigenvalue weighted by atomic mass is 16.5. The third-order valence-electron chi connectivity index (χ3n) is 3.78. The van der Waals surface area contributed by atoms with Gasteiger partial charge in [0.1, 0.15) is 0 Å². The molecule has 3 atom stereocenters. The van der Waals surface area contributed by atoms with Crippen molar-refractivity contribution in [3.05, 3.63) is 0 Å². The Bertz CT molecular complexity index is 187. The molecule has 0 bridgehead atoms. The molecule has 0 spiro atoms. The van der Waals surface area contributed by atoms with Crippen LogP contribution in [-0.2, 0) is 4.74 Å². The molecule has 2 N–H and O–H groups in total. The Morgan fingerprint density at radius 1 is 1.41 bits per heavy atom. The minimum atomic E-state index is -0.358. The first-order chi connectivity index (χ1) is 8.24. The molecule has 0 aromatic carbocycles. The lowest BCUT2D eigenvalue weighted by molar-refractivity contribution is 0.0354. The average molecular weight is 243 g/mol. The van der Waals surface area contributed by atoms with Gasteiger partial charge in [0, 0.05) is 13.2 Å². The molecule has 3 heteroatoms. The lowest BCUT2D eigenvalue weighted by atomic mass is 9.98. The van der Waals surface area contributed by atoms with Gasteiger partial charge in [0.15, 0.2) is 0 Å². The minimum Gasteiger partial charge on any atom is -0.389 e. The molecule has 17 heavy (non-hydrogen) atoms. The van der Waals surface area contributed by atoms with Crippen molar-refractivity contribution >= 4 is 0 Å². The fourth-order valence-electron chi connectivity index (χ4n) is 2.49. The average Bonchev–Trinajstić information content (AvgIpc) is 2.71. The number of rotatable bonds is 9. The summed E-state index contributed by atoms with van der Waals surface area (Å²) in [4.78, 5) is 0. The minimum absolute atomic E-state index is 0.358. The molecule has 0 aliphatic heterocycles. The van der Waals surface area contributed by atoms with Crippen LogP contribution in [0.4, 0.5) is 0 Å². The highest BCUT2D eigenvalue weighted by molar-refractivity contribution is 4.76. The van der Waals surface area contributed by atoms with Crippen molar-refractivity contribution in [2.45, 2.75) is 52.1 Å². The molecule has 102 valence electrons. The number of unbranched alkanes of at least 4 members (excludes halogenated alkanes) is 1. The van der Waals surface area contributed by atoms with E-state index in [0.717, 1.165) is 37.8 Å². The van der Waals surface area contributed by atoms with Gasteiger partial charge in [-0.15, -0.1) is 0 Å². The van der Waals surface area contributed by atoms with Crippen LogP contribution in [0.3, 0.4) is 0 Å². The fourth-order valence-corrected chi connectivity index (χ4v) is 2.49. The predicted molar refractivity (Wildman–Crippen MR) is 71.1 cm³/mol. The van der Waals surface area contributed by atoms with Gasteiger partial charge in [0.05, 0.1) is 12.7 Å². The molecule has 1 saturated carbocycles. The molecule has 1 rings (SSSR count). The highest BCUT2D eigenvalue weighted by Gasteiger charge is 2.22. The summed E-state index contributed by atoms with van der Waals surface area (Å²) in [5.41, 5.74) is 0. The molecule has 0 aromatic heterocycles. The van der Waals surface area contributed by atoms with Crippen LogP contribution < -0.4 is 5.32 Å². The molecule has 0 aromatic rings. The lowest BCUT2D eigenvalue weighted by Gasteiger charge is -2.18. The van der Waals surface area contributed by atoms with Crippen molar-refractivity contribution in [2.75, 3.05) is 26.3 Å². The Labute approximate surface area is 106 Å². The summed E-state index contributed by atoms with van der Waals surface area (Å²) in [6.07, 6.45) is 5.96. The van der Waals surface area contributed by atoms with E-state index in [1.54, 1.807) is 0 Å². The SMILES string of the molecule is CCCCOCC(O)CNCC1CCCC1C. The fraction of sp³-hybridized carbons (Fsp3) is 1.00. The third kappa shape index (κ3) is 6.39. The van der Waals surface area contributed by atoms with Gasteiger partial charge >= 0.3 is 0 Å². The Hall–Kier alpha value is -0.120.